The predicted octanol–water partition coefficient (Wildman–Crippen LogP) is 1.18. The number of sulfonamides is 1. The molecule has 0 saturated heterocycles. The first-order valence-electron chi connectivity index (χ1n) is 6.34. The van der Waals surface area contributed by atoms with Gasteiger partial charge in [-0.2, -0.15) is 0 Å². The van der Waals surface area contributed by atoms with Crippen molar-refractivity contribution in [3.8, 4) is 0 Å². The maximum atomic E-state index is 11.4. The van der Waals surface area contributed by atoms with E-state index in [0.717, 1.165) is 23.8 Å². The molecule has 108 valence electrons. The lowest BCUT2D eigenvalue weighted by molar-refractivity contribution is 0.428. The Morgan fingerprint density at radius 3 is 2.53 bits per heavy atom. The van der Waals surface area contributed by atoms with Crippen LogP contribution < -0.4 is 5.32 Å². The van der Waals surface area contributed by atoms with Gasteiger partial charge in [-0.1, -0.05) is 6.92 Å². The molecule has 0 aromatic carbocycles. The van der Waals surface area contributed by atoms with Gasteiger partial charge in [-0.05, 0) is 20.3 Å². The summed E-state index contributed by atoms with van der Waals surface area (Å²) in [6, 6.07) is 1.88. The molecule has 1 N–H and O–H groups in total. The maximum Gasteiger partial charge on any atom is 0.211 e. The van der Waals surface area contributed by atoms with E-state index >= 15 is 0 Å². The first-order chi connectivity index (χ1) is 8.82. The predicted molar refractivity (Wildman–Crippen MR) is 76.7 cm³/mol. The van der Waals surface area contributed by atoms with E-state index in [-0.39, 0.29) is 0 Å². The summed E-state index contributed by atoms with van der Waals surface area (Å²) < 4.78 is 24.3. The molecule has 1 heterocycles. The first kappa shape index (κ1) is 15.8. The van der Waals surface area contributed by atoms with Gasteiger partial charge in [0.15, 0.2) is 0 Å². The second kappa shape index (κ2) is 6.81. The first-order valence-corrected chi connectivity index (χ1v) is 8.19. The van der Waals surface area contributed by atoms with Crippen LogP contribution in [0.2, 0.25) is 0 Å². The zero-order valence-corrected chi connectivity index (χ0v) is 12.8. The molecule has 6 nitrogen and oxygen atoms in total. The van der Waals surface area contributed by atoms with Crippen LogP contribution in [0.5, 0.6) is 0 Å². The second-order valence-electron chi connectivity index (χ2n) is 4.48. The number of nitrogens with one attached hydrogen (secondary N) is 1. The summed E-state index contributed by atoms with van der Waals surface area (Å²) in [4.78, 5) is 8.46. The van der Waals surface area contributed by atoms with Crippen LogP contribution in [-0.4, -0.2) is 48.6 Å². The molecule has 19 heavy (non-hydrogen) atoms. The summed E-state index contributed by atoms with van der Waals surface area (Å²) in [5, 5.41) is 3.18. The number of nitrogens with zero attached hydrogens (tertiary/aromatic N) is 3. The van der Waals surface area contributed by atoms with Gasteiger partial charge in [-0.3, -0.25) is 0 Å². The summed E-state index contributed by atoms with van der Waals surface area (Å²) >= 11 is 0. The number of aryl methyl sites for hydroxylation is 2. The fourth-order valence-electron chi connectivity index (χ4n) is 1.84. The van der Waals surface area contributed by atoms with Crippen molar-refractivity contribution in [1.29, 1.82) is 0 Å². The van der Waals surface area contributed by atoms with Crippen LogP contribution in [0.15, 0.2) is 6.07 Å². The minimum absolute atomic E-state index is 0.505. The Bertz CT molecular complexity index is 496. The molecule has 0 fully saturated rings. The summed E-state index contributed by atoms with van der Waals surface area (Å²) in [5.74, 6) is 1.52. The topological polar surface area (TPSA) is 75.2 Å². The molecule has 1 aromatic rings. The van der Waals surface area contributed by atoms with E-state index in [1.807, 2.05) is 26.8 Å². The number of hydrogen-bond acceptors (Lipinski definition) is 5. The van der Waals surface area contributed by atoms with Crippen LogP contribution in [0.25, 0.3) is 0 Å². The Kier molecular flexibility index (Phi) is 5.68. The zero-order valence-electron chi connectivity index (χ0n) is 12.0. The van der Waals surface area contributed by atoms with Crippen molar-refractivity contribution in [3.05, 3.63) is 17.6 Å². The van der Waals surface area contributed by atoms with Gasteiger partial charge < -0.3 is 5.32 Å². The highest BCUT2D eigenvalue weighted by Gasteiger charge is 2.13. The minimum atomic E-state index is -3.09. The molecule has 0 amide bonds. The zero-order chi connectivity index (χ0) is 14.5. The van der Waals surface area contributed by atoms with E-state index in [1.54, 1.807) is 0 Å². The van der Waals surface area contributed by atoms with Crippen LogP contribution in [0, 0.1) is 13.8 Å². The average molecular weight is 286 g/mol. The van der Waals surface area contributed by atoms with Gasteiger partial charge in [-0.25, -0.2) is 22.7 Å². The third kappa shape index (κ3) is 5.52. The molecule has 1 rings (SSSR count). The van der Waals surface area contributed by atoms with Gasteiger partial charge in [0, 0.05) is 31.4 Å². The van der Waals surface area contributed by atoms with Crippen LogP contribution in [0.3, 0.4) is 0 Å². The molecule has 0 unspecified atom stereocenters. The smallest absolute Gasteiger partial charge is 0.211 e. The van der Waals surface area contributed by atoms with Crippen LogP contribution >= 0.6 is 0 Å². The molecule has 0 aliphatic rings. The fraction of sp³-hybridized carbons (Fsp3) is 0.667. The van der Waals surface area contributed by atoms with Crippen molar-refractivity contribution < 1.29 is 8.42 Å². The van der Waals surface area contributed by atoms with E-state index in [0.29, 0.717) is 19.6 Å². The molecule has 0 radical (unpaired) electrons. The van der Waals surface area contributed by atoms with E-state index in [4.69, 9.17) is 0 Å². The van der Waals surface area contributed by atoms with Crippen LogP contribution in [0.1, 0.15) is 24.9 Å². The van der Waals surface area contributed by atoms with Gasteiger partial charge in [0.2, 0.25) is 10.0 Å². The monoisotopic (exact) mass is 286 g/mol. The standard InChI is InChI=1S/C12H22N4O2S/c1-5-16(19(4,17)18)8-6-7-13-12-9-10(2)14-11(3)15-12/h9H,5-8H2,1-4H3,(H,13,14,15). The van der Waals surface area contributed by atoms with Gasteiger partial charge in [0.1, 0.15) is 11.6 Å². The molecular formula is C12H22N4O2S. The van der Waals surface area contributed by atoms with E-state index in [1.165, 1.54) is 10.6 Å². The number of anilines is 1. The van der Waals surface area contributed by atoms with Gasteiger partial charge >= 0.3 is 0 Å². The maximum absolute atomic E-state index is 11.4. The number of hydrogen-bond donors (Lipinski definition) is 1. The lowest BCUT2D eigenvalue weighted by Gasteiger charge is -2.17. The lowest BCUT2D eigenvalue weighted by Crippen LogP contribution is -2.31. The van der Waals surface area contributed by atoms with Crippen LogP contribution in [0.4, 0.5) is 5.82 Å². The normalized spacial score (nSPS) is 11.8. The Labute approximate surface area is 115 Å². The summed E-state index contributed by atoms with van der Waals surface area (Å²) in [5.41, 5.74) is 0.918. The van der Waals surface area contributed by atoms with Gasteiger partial charge in [0.25, 0.3) is 0 Å². The summed E-state index contributed by atoms with van der Waals surface area (Å²) in [6.45, 7) is 7.31. The number of rotatable bonds is 7. The largest absolute Gasteiger partial charge is 0.370 e. The minimum Gasteiger partial charge on any atom is -0.370 e. The van der Waals surface area contributed by atoms with Crippen molar-refractivity contribution in [2.45, 2.75) is 27.2 Å². The second-order valence-corrected chi connectivity index (χ2v) is 6.46. The fourth-order valence-corrected chi connectivity index (χ4v) is 2.77. The molecule has 0 saturated carbocycles. The lowest BCUT2D eigenvalue weighted by atomic mass is 10.3. The van der Waals surface area contributed by atoms with Crippen molar-refractivity contribution in [2.24, 2.45) is 0 Å². The van der Waals surface area contributed by atoms with Crippen molar-refractivity contribution in [2.75, 3.05) is 31.2 Å². The molecule has 0 atom stereocenters. The summed E-state index contributed by atoms with van der Waals surface area (Å²) in [6.07, 6.45) is 1.98. The van der Waals surface area contributed by atoms with Crippen molar-refractivity contribution >= 4 is 15.8 Å². The molecule has 0 bridgehead atoms. The van der Waals surface area contributed by atoms with E-state index in [2.05, 4.69) is 15.3 Å². The molecule has 7 heteroatoms. The third-order valence-corrected chi connectivity index (χ3v) is 4.06. The number of aromatic nitrogens is 2. The Balaban J connectivity index is 2.42. The third-order valence-electron chi connectivity index (χ3n) is 2.68. The quantitative estimate of drug-likeness (QED) is 0.762. The van der Waals surface area contributed by atoms with Gasteiger partial charge in [0.05, 0.1) is 6.26 Å². The summed E-state index contributed by atoms with van der Waals surface area (Å²) in [7, 11) is -3.09. The highest BCUT2D eigenvalue weighted by atomic mass is 32.2. The highest BCUT2D eigenvalue weighted by molar-refractivity contribution is 7.88. The average Bonchev–Trinajstić information content (AvgIpc) is 2.25. The molecular weight excluding hydrogens is 264 g/mol. The molecule has 0 spiro atoms. The SMILES string of the molecule is CCN(CCCNc1cc(C)nc(C)n1)S(C)(=O)=O. The van der Waals surface area contributed by atoms with Crippen LogP contribution in [-0.2, 0) is 10.0 Å². The Morgan fingerprint density at radius 2 is 2.00 bits per heavy atom. The Hall–Kier alpha value is -1.21. The van der Waals surface area contributed by atoms with E-state index < -0.39 is 10.0 Å². The highest BCUT2D eigenvalue weighted by Crippen LogP contribution is 2.06. The molecule has 0 aliphatic carbocycles. The van der Waals surface area contributed by atoms with Gasteiger partial charge in [-0.15, -0.1) is 0 Å². The molecule has 1 aromatic heterocycles. The van der Waals surface area contributed by atoms with Crippen molar-refractivity contribution in [1.82, 2.24) is 14.3 Å². The van der Waals surface area contributed by atoms with Crippen molar-refractivity contribution in [3.63, 3.8) is 0 Å². The Morgan fingerprint density at radius 1 is 1.32 bits per heavy atom. The molecule has 0 aliphatic heterocycles. The van der Waals surface area contributed by atoms with E-state index in [9.17, 15) is 8.42 Å².